The molecule has 0 aliphatic rings. The molecular formula is C12H16O3. The molecule has 1 aromatic carbocycles. The van der Waals surface area contributed by atoms with E-state index in [1.807, 2.05) is 26.0 Å². The Labute approximate surface area is 89.7 Å². The van der Waals surface area contributed by atoms with Crippen molar-refractivity contribution in [2.75, 3.05) is 0 Å². The van der Waals surface area contributed by atoms with Gasteiger partial charge in [-0.1, -0.05) is 6.92 Å². The Morgan fingerprint density at radius 2 is 1.87 bits per heavy atom. The minimum absolute atomic E-state index is 0.210. The second kappa shape index (κ2) is 4.82. The molecule has 0 radical (unpaired) electrons. The van der Waals surface area contributed by atoms with E-state index in [4.69, 9.17) is 4.74 Å². The molecule has 3 nitrogen and oxygen atoms in total. The van der Waals surface area contributed by atoms with Gasteiger partial charge in [0.2, 0.25) is 0 Å². The summed E-state index contributed by atoms with van der Waals surface area (Å²) in [6, 6.07) is 3.65. The molecule has 0 amide bonds. The monoisotopic (exact) mass is 208 g/mol. The zero-order valence-electron chi connectivity index (χ0n) is 9.33. The fourth-order valence-electron chi connectivity index (χ4n) is 1.39. The first-order valence-electron chi connectivity index (χ1n) is 4.99. The molecule has 0 fully saturated rings. The standard InChI is InChI=1S/C12H16O3/c1-4-11(13)15-7-10-5-8(2)12(14)9(3)6-10/h5-6,14H,4,7H2,1-3H3. The van der Waals surface area contributed by atoms with Gasteiger partial charge in [0.15, 0.2) is 0 Å². The zero-order chi connectivity index (χ0) is 11.4. The highest BCUT2D eigenvalue weighted by Crippen LogP contribution is 2.23. The predicted molar refractivity (Wildman–Crippen MR) is 57.7 cm³/mol. The highest BCUT2D eigenvalue weighted by molar-refractivity contribution is 5.68. The van der Waals surface area contributed by atoms with Gasteiger partial charge in [0.05, 0.1) is 0 Å². The second-order valence-electron chi connectivity index (χ2n) is 3.59. The van der Waals surface area contributed by atoms with Crippen LogP contribution in [0, 0.1) is 13.8 Å². The van der Waals surface area contributed by atoms with Crippen LogP contribution in [0.5, 0.6) is 5.75 Å². The van der Waals surface area contributed by atoms with E-state index < -0.39 is 0 Å². The third-order valence-electron chi connectivity index (χ3n) is 2.24. The number of benzene rings is 1. The maximum absolute atomic E-state index is 11.0. The molecular weight excluding hydrogens is 192 g/mol. The molecule has 3 heteroatoms. The molecule has 0 unspecified atom stereocenters. The number of carbonyl (C=O) groups excluding carboxylic acids is 1. The van der Waals surface area contributed by atoms with E-state index in [0.717, 1.165) is 16.7 Å². The summed E-state index contributed by atoms with van der Waals surface area (Å²) in [6.45, 7) is 5.69. The molecule has 0 saturated heterocycles. The average Bonchev–Trinajstić information content (AvgIpc) is 2.22. The van der Waals surface area contributed by atoms with Crippen LogP contribution in [0.25, 0.3) is 0 Å². The molecule has 0 bridgehead atoms. The number of phenolic OH excluding ortho intramolecular Hbond substituents is 1. The SMILES string of the molecule is CCC(=O)OCc1cc(C)c(O)c(C)c1. The Hall–Kier alpha value is -1.51. The number of esters is 1. The van der Waals surface area contributed by atoms with Crippen LogP contribution in [0.2, 0.25) is 0 Å². The number of aryl methyl sites for hydroxylation is 2. The largest absolute Gasteiger partial charge is 0.507 e. The fourth-order valence-corrected chi connectivity index (χ4v) is 1.39. The summed E-state index contributed by atoms with van der Waals surface area (Å²) < 4.78 is 5.01. The van der Waals surface area contributed by atoms with Crippen molar-refractivity contribution in [2.45, 2.75) is 33.8 Å². The second-order valence-corrected chi connectivity index (χ2v) is 3.59. The van der Waals surface area contributed by atoms with E-state index in [9.17, 15) is 9.90 Å². The van der Waals surface area contributed by atoms with Crippen molar-refractivity contribution in [3.05, 3.63) is 28.8 Å². The highest BCUT2D eigenvalue weighted by atomic mass is 16.5. The van der Waals surface area contributed by atoms with E-state index in [0.29, 0.717) is 12.2 Å². The van der Waals surface area contributed by atoms with Crippen molar-refractivity contribution >= 4 is 5.97 Å². The van der Waals surface area contributed by atoms with Gasteiger partial charge in [0.25, 0.3) is 0 Å². The van der Waals surface area contributed by atoms with Crippen molar-refractivity contribution in [2.24, 2.45) is 0 Å². The topological polar surface area (TPSA) is 46.5 Å². The Bertz CT molecular complexity index is 346. The van der Waals surface area contributed by atoms with Gasteiger partial charge < -0.3 is 9.84 Å². The third kappa shape index (κ3) is 2.98. The third-order valence-corrected chi connectivity index (χ3v) is 2.24. The smallest absolute Gasteiger partial charge is 0.305 e. The Balaban J connectivity index is 2.75. The normalized spacial score (nSPS) is 10.1. The average molecular weight is 208 g/mol. The number of aromatic hydroxyl groups is 1. The minimum atomic E-state index is -0.210. The van der Waals surface area contributed by atoms with Gasteiger partial charge in [-0.2, -0.15) is 0 Å². The molecule has 0 spiro atoms. The summed E-state index contributed by atoms with van der Waals surface area (Å²) >= 11 is 0. The zero-order valence-corrected chi connectivity index (χ0v) is 9.33. The molecule has 1 N–H and O–H groups in total. The van der Waals surface area contributed by atoms with Crippen molar-refractivity contribution in [3.8, 4) is 5.75 Å². The van der Waals surface area contributed by atoms with Gasteiger partial charge in [-0.25, -0.2) is 0 Å². The van der Waals surface area contributed by atoms with Crippen LogP contribution in [-0.2, 0) is 16.1 Å². The maximum atomic E-state index is 11.0. The fraction of sp³-hybridized carbons (Fsp3) is 0.417. The van der Waals surface area contributed by atoms with Gasteiger partial charge in [-0.15, -0.1) is 0 Å². The van der Waals surface area contributed by atoms with E-state index in [-0.39, 0.29) is 12.6 Å². The Morgan fingerprint density at radius 3 is 2.33 bits per heavy atom. The Morgan fingerprint density at radius 1 is 1.33 bits per heavy atom. The molecule has 82 valence electrons. The van der Waals surface area contributed by atoms with Crippen LogP contribution in [0.1, 0.15) is 30.0 Å². The van der Waals surface area contributed by atoms with Crippen LogP contribution < -0.4 is 0 Å². The first-order chi connectivity index (χ1) is 7.04. The van der Waals surface area contributed by atoms with Crippen molar-refractivity contribution in [1.29, 1.82) is 0 Å². The van der Waals surface area contributed by atoms with E-state index in [1.165, 1.54) is 0 Å². The number of hydrogen-bond acceptors (Lipinski definition) is 3. The lowest BCUT2D eigenvalue weighted by molar-refractivity contribution is -0.144. The predicted octanol–water partition coefficient (Wildman–Crippen LogP) is 2.46. The molecule has 1 rings (SSSR count). The number of phenols is 1. The van der Waals surface area contributed by atoms with Crippen molar-refractivity contribution in [1.82, 2.24) is 0 Å². The summed E-state index contributed by atoms with van der Waals surface area (Å²) in [5.74, 6) is 0.0962. The number of hydrogen-bond donors (Lipinski definition) is 1. The quantitative estimate of drug-likeness (QED) is 0.776. The van der Waals surface area contributed by atoms with Gasteiger partial charge in [-0.3, -0.25) is 4.79 Å². The molecule has 0 atom stereocenters. The van der Waals surface area contributed by atoms with E-state index >= 15 is 0 Å². The van der Waals surface area contributed by atoms with Gasteiger partial charge in [0, 0.05) is 6.42 Å². The first kappa shape index (κ1) is 11.6. The van der Waals surface area contributed by atoms with Crippen LogP contribution in [0.3, 0.4) is 0 Å². The van der Waals surface area contributed by atoms with Crippen LogP contribution in [0.15, 0.2) is 12.1 Å². The molecule has 1 aromatic rings. The molecule has 0 aliphatic carbocycles. The summed E-state index contributed by atoms with van der Waals surface area (Å²) in [6.07, 6.45) is 0.385. The van der Waals surface area contributed by atoms with Crippen molar-refractivity contribution < 1.29 is 14.6 Å². The minimum Gasteiger partial charge on any atom is -0.507 e. The number of carbonyl (C=O) groups is 1. The highest BCUT2D eigenvalue weighted by Gasteiger charge is 2.05. The van der Waals surface area contributed by atoms with Crippen LogP contribution in [0.4, 0.5) is 0 Å². The lowest BCUT2D eigenvalue weighted by Gasteiger charge is -2.08. The summed E-state index contributed by atoms with van der Waals surface area (Å²) in [5.41, 5.74) is 2.51. The number of rotatable bonds is 3. The first-order valence-corrected chi connectivity index (χ1v) is 4.99. The van der Waals surface area contributed by atoms with Gasteiger partial charge in [0.1, 0.15) is 12.4 Å². The molecule has 15 heavy (non-hydrogen) atoms. The molecule has 0 aliphatic heterocycles. The Kier molecular flexibility index (Phi) is 3.72. The van der Waals surface area contributed by atoms with Crippen molar-refractivity contribution in [3.63, 3.8) is 0 Å². The lowest BCUT2D eigenvalue weighted by Crippen LogP contribution is -2.02. The maximum Gasteiger partial charge on any atom is 0.305 e. The summed E-state index contributed by atoms with van der Waals surface area (Å²) in [7, 11) is 0. The van der Waals surface area contributed by atoms with Gasteiger partial charge in [-0.05, 0) is 42.7 Å². The summed E-state index contributed by atoms with van der Waals surface area (Å²) in [4.78, 5) is 11.0. The molecule has 0 aromatic heterocycles. The van der Waals surface area contributed by atoms with Crippen LogP contribution in [-0.4, -0.2) is 11.1 Å². The number of ether oxygens (including phenoxy) is 1. The van der Waals surface area contributed by atoms with Gasteiger partial charge >= 0.3 is 5.97 Å². The van der Waals surface area contributed by atoms with E-state index in [1.54, 1.807) is 6.92 Å². The molecule has 0 saturated carbocycles. The van der Waals surface area contributed by atoms with E-state index in [2.05, 4.69) is 0 Å². The molecule has 0 heterocycles. The lowest BCUT2D eigenvalue weighted by atomic mass is 10.1. The summed E-state index contributed by atoms with van der Waals surface area (Å²) in [5, 5.41) is 9.55. The van der Waals surface area contributed by atoms with Crippen LogP contribution >= 0.6 is 0 Å².